The summed E-state index contributed by atoms with van der Waals surface area (Å²) >= 11 is 19.5. The first-order valence-corrected chi connectivity index (χ1v) is 11.2. The van der Waals surface area contributed by atoms with Crippen molar-refractivity contribution in [2.75, 3.05) is 4.43 Å². The molecule has 0 aliphatic heterocycles. The molecule has 0 heterocycles. The number of benzene rings is 2. The molecular formula is C21H16Cl3F4IO. The Morgan fingerprint density at radius 2 is 1.63 bits per heavy atom. The van der Waals surface area contributed by atoms with Crippen LogP contribution in [0.15, 0.2) is 36.4 Å². The summed E-state index contributed by atoms with van der Waals surface area (Å²) in [6.07, 6.45) is -2.47. The van der Waals surface area contributed by atoms with Gasteiger partial charge in [0.25, 0.3) is 0 Å². The number of rotatable bonds is 6. The maximum absolute atomic E-state index is 14.6. The van der Waals surface area contributed by atoms with Gasteiger partial charge >= 0.3 is 6.18 Å². The SMILES string of the molecule is CC(C)(F)c1cc(/C=C/C(c2cc(Cl)c(Cl)c(Cl)c2)C(F)(F)F)ccc1C(=O)CI. The second kappa shape index (κ2) is 9.76. The highest BCUT2D eigenvalue weighted by molar-refractivity contribution is 14.1. The van der Waals surface area contributed by atoms with E-state index in [1.54, 1.807) is 0 Å². The number of halogens is 8. The average molecular weight is 594 g/mol. The van der Waals surface area contributed by atoms with Crippen LogP contribution >= 0.6 is 57.4 Å². The van der Waals surface area contributed by atoms with Gasteiger partial charge in [-0.1, -0.05) is 81.7 Å². The van der Waals surface area contributed by atoms with E-state index in [4.69, 9.17) is 34.8 Å². The number of carbonyl (C=O) groups excluding carboxylic acids is 1. The van der Waals surface area contributed by atoms with Crippen LogP contribution in [0.4, 0.5) is 17.6 Å². The highest BCUT2D eigenvalue weighted by atomic mass is 127. The topological polar surface area (TPSA) is 17.1 Å². The molecule has 0 aliphatic rings. The summed E-state index contributed by atoms with van der Waals surface area (Å²) in [6.45, 7) is 2.58. The Kier molecular flexibility index (Phi) is 8.27. The lowest BCUT2D eigenvalue weighted by Crippen LogP contribution is -2.19. The first kappa shape index (κ1) is 25.4. The van der Waals surface area contributed by atoms with E-state index in [2.05, 4.69) is 0 Å². The fraction of sp³-hybridized carbons (Fsp3) is 0.286. The highest BCUT2D eigenvalue weighted by Gasteiger charge is 2.39. The fourth-order valence-corrected chi connectivity index (χ4v) is 3.87. The number of Topliss-reactive ketones (excluding diaryl/α,β-unsaturated/α-hetero) is 1. The molecule has 0 spiro atoms. The highest BCUT2D eigenvalue weighted by Crippen LogP contribution is 2.41. The summed E-state index contributed by atoms with van der Waals surface area (Å²) in [5.41, 5.74) is -1.38. The molecule has 1 atom stereocenters. The zero-order valence-corrected chi connectivity index (χ0v) is 20.2. The summed E-state index contributed by atoms with van der Waals surface area (Å²) in [4.78, 5) is 12.1. The minimum absolute atomic E-state index is 0.0303. The van der Waals surface area contributed by atoms with Crippen LogP contribution in [0.3, 0.4) is 0 Å². The second-order valence-corrected chi connectivity index (χ2v) is 8.97. The van der Waals surface area contributed by atoms with Crippen molar-refractivity contribution in [3.63, 3.8) is 0 Å². The van der Waals surface area contributed by atoms with Gasteiger partial charge in [0.2, 0.25) is 0 Å². The minimum atomic E-state index is -4.63. The normalized spacial score (nSPS) is 13.7. The largest absolute Gasteiger partial charge is 0.399 e. The zero-order valence-electron chi connectivity index (χ0n) is 15.8. The van der Waals surface area contributed by atoms with Gasteiger partial charge in [0.05, 0.1) is 25.4 Å². The Labute approximate surface area is 200 Å². The van der Waals surface area contributed by atoms with Crippen molar-refractivity contribution in [3.05, 3.63) is 73.7 Å². The maximum Gasteiger partial charge on any atom is 0.399 e. The van der Waals surface area contributed by atoms with Gasteiger partial charge in [0, 0.05) is 5.56 Å². The van der Waals surface area contributed by atoms with Gasteiger partial charge in [-0.2, -0.15) is 13.2 Å². The standard InChI is InChI=1S/C21H16Cl3F4IO/c1-20(2,25)15-7-11(3-5-13(15)18(30)10-29)4-6-14(21(26,27)28)12-8-16(22)19(24)17(23)9-12/h3-9,14H,10H2,1-2H3/b6-4+. The van der Waals surface area contributed by atoms with Crippen LogP contribution in [0, 0.1) is 0 Å². The Morgan fingerprint density at radius 3 is 2.10 bits per heavy atom. The minimum Gasteiger partial charge on any atom is -0.293 e. The van der Waals surface area contributed by atoms with Crippen LogP contribution in [-0.4, -0.2) is 16.4 Å². The molecule has 2 aromatic carbocycles. The van der Waals surface area contributed by atoms with Crippen molar-refractivity contribution in [1.82, 2.24) is 0 Å². The van der Waals surface area contributed by atoms with Gasteiger partial charge in [-0.05, 0) is 48.7 Å². The van der Waals surface area contributed by atoms with E-state index in [9.17, 15) is 22.4 Å². The van der Waals surface area contributed by atoms with Crippen molar-refractivity contribution in [3.8, 4) is 0 Å². The lowest BCUT2D eigenvalue weighted by Gasteiger charge is -2.20. The van der Waals surface area contributed by atoms with Crippen molar-refractivity contribution in [1.29, 1.82) is 0 Å². The van der Waals surface area contributed by atoms with Gasteiger partial charge in [-0.25, -0.2) is 4.39 Å². The maximum atomic E-state index is 14.6. The van der Waals surface area contributed by atoms with E-state index in [0.717, 1.165) is 18.2 Å². The molecular weight excluding hydrogens is 577 g/mol. The molecule has 0 bridgehead atoms. The zero-order chi connectivity index (χ0) is 22.9. The van der Waals surface area contributed by atoms with Gasteiger partial charge in [-0.15, -0.1) is 0 Å². The molecule has 0 aromatic heterocycles. The van der Waals surface area contributed by atoms with E-state index in [1.807, 2.05) is 22.6 Å². The summed E-state index contributed by atoms with van der Waals surface area (Å²) in [5.74, 6) is -2.27. The van der Waals surface area contributed by atoms with Crippen LogP contribution < -0.4 is 0 Å². The van der Waals surface area contributed by atoms with E-state index < -0.39 is 17.8 Å². The average Bonchev–Trinajstić information content (AvgIpc) is 2.63. The van der Waals surface area contributed by atoms with E-state index in [-0.39, 0.29) is 42.0 Å². The molecule has 2 rings (SSSR count). The number of alkyl halides is 5. The van der Waals surface area contributed by atoms with Crippen LogP contribution in [0.5, 0.6) is 0 Å². The molecule has 0 fully saturated rings. The fourth-order valence-electron chi connectivity index (χ4n) is 2.84. The molecule has 0 N–H and O–H groups in total. The second-order valence-electron chi connectivity index (χ2n) is 7.01. The van der Waals surface area contributed by atoms with Gasteiger partial charge < -0.3 is 0 Å². The Hall–Kier alpha value is -0.830. The number of carbonyl (C=O) groups is 1. The summed E-state index contributed by atoms with van der Waals surface area (Å²) in [7, 11) is 0. The molecule has 1 nitrogen and oxygen atoms in total. The van der Waals surface area contributed by atoms with E-state index in [0.29, 0.717) is 5.56 Å². The third kappa shape index (κ3) is 6.11. The number of ketones is 1. The van der Waals surface area contributed by atoms with Crippen LogP contribution in [0.2, 0.25) is 15.1 Å². The lowest BCUT2D eigenvalue weighted by atomic mass is 9.90. The molecule has 0 saturated carbocycles. The number of hydrogen-bond donors (Lipinski definition) is 0. The smallest absolute Gasteiger partial charge is 0.293 e. The number of allylic oxidation sites excluding steroid dienone is 1. The van der Waals surface area contributed by atoms with E-state index >= 15 is 0 Å². The third-order valence-corrected chi connectivity index (χ3v) is 6.19. The predicted octanol–water partition coefficient (Wildman–Crippen LogP) is 8.83. The Morgan fingerprint density at radius 1 is 1.07 bits per heavy atom. The molecule has 0 saturated heterocycles. The van der Waals surface area contributed by atoms with Crippen LogP contribution in [-0.2, 0) is 5.67 Å². The van der Waals surface area contributed by atoms with Crippen molar-refractivity contribution in [2.24, 2.45) is 0 Å². The summed E-state index contributed by atoms with van der Waals surface area (Å²) < 4.78 is 55.8. The predicted molar refractivity (Wildman–Crippen MR) is 123 cm³/mol. The first-order chi connectivity index (χ1) is 13.8. The summed E-state index contributed by atoms with van der Waals surface area (Å²) in [6, 6.07) is 6.49. The molecule has 0 radical (unpaired) electrons. The van der Waals surface area contributed by atoms with Gasteiger partial charge in [0.1, 0.15) is 5.67 Å². The number of hydrogen-bond acceptors (Lipinski definition) is 1. The molecule has 9 heteroatoms. The molecule has 0 aliphatic carbocycles. The van der Waals surface area contributed by atoms with Gasteiger partial charge in [0.15, 0.2) is 5.78 Å². The van der Waals surface area contributed by atoms with Crippen LogP contribution in [0.1, 0.15) is 46.8 Å². The van der Waals surface area contributed by atoms with E-state index in [1.165, 1.54) is 38.1 Å². The lowest BCUT2D eigenvalue weighted by molar-refractivity contribution is -0.139. The van der Waals surface area contributed by atoms with Crippen LogP contribution in [0.25, 0.3) is 6.08 Å². The molecule has 2 aromatic rings. The monoisotopic (exact) mass is 592 g/mol. The molecule has 0 amide bonds. The summed E-state index contributed by atoms with van der Waals surface area (Å²) in [5, 5.41) is -0.216. The quantitative estimate of drug-likeness (QED) is 0.108. The first-order valence-electron chi connectivity index (χ1n) is 8.57. The third-order valence-electron chi connectivity index (χ3n) is 4.30. The van der Waals surface area contributed by atoms with Crippen molar-refractivity contribution in [2.45, 2.75) is 31.6 Å². The molecule has 1 unspecified atom stereocenters. The van der Waals surface area contributed by atoms with Crippen molar-refractivity contribution < 1.29 is 22.4 Å². The molecule has 30 heavy (non-hydrogen) atoms. The van der Waals surface area contributed by atoms with Crippen molar-refractivity contribution >= 4 is 69.3 Å². The Bertz CT molecular complexity index is 958. The van der Waals surface area contributed by atoms with Gasteiger partial charge in [-0.3, -0.25) is 4.79 Å². The Balaban J connectivity index is 2.52. The molecule has 162 valence electrons.